The third-order valence-electron chi connectivity index (χ3n) is 1.68. The number of hydrogen-bond donors (Lipinski definition) is 1. The van der Waals surface area contributed by atoms with E-state index in [2.05, 4.69) is 22.9 Å². The predicted molar refractivity (Wildman–Crippen MR) is 42.6 cm³/mol. The van der Waals surface area contributed by atoms with Gasteiger partial charge in [0.25, 0.3) is 0 Å². The first kappa shape index (κ1) is 7.38. The van der Waals surface area contributed by atoms with Gasteiger partial charge in [-0.25, -0.2) is 0 Å². The Kier molecular flexibility index (Phi) is 2.82. The van der Waals surface area contributed by atoms with Crippen molar-refractivity contribution in [1.82, 2.24) is 9.62 Å². The van der Waals surface area contributed by atoms with Crippen molar-refractivity contribution in [1.29, 1.82) is 0 Å². The van der Waals surface area contributed by atoms with Gasteiger partial charge in [-0.15, -0.1) is 0 Å². The number of nitrogens with zero attached hydrogens (tertiary/aromatic N) is 1. The van der Waals surface area contributed by atoms with E-state index in [9.17, 15) is 0 Å². The van der Waals surface area contributed by atoms with Crippen molar-refractivity contribution in [3.63, 3.8) is 0 Å². The van der Waals surface area contributed by atoms with Crippen LogP contribution in [0.1, 0.15) is 6.42 Å². The fourth-order valence-corrected chi connectivity index (χ4v) is 1.72. The minimum Gasteiger partial charge on any atom is -0.305 e. The summed E-state index contributed by atoms with van der Waals surface area (Å²) in [5.74, 6) is 0. The van der Waals surface area contributed by atoms with Crippen molar-refractivity contribution in [2.45, 2.75) is 12.5 Å². The fourth-order valence-electron chi connectivity index (χ4n) is 1.20. The zero-order valence-electron chi connectivity index (χ0n) is 6.05. The first-order valence-corrected chi connectivity index (χ1v) is 4.52. The van der Waals surface area contributed by atoms with Crippen molar-refractivity contribution >= 4 is 11.9 Å². The summed E-state index contributed by atoms with van der Waals surface area (Å²) in [5.41, 5.74) is 0. The lowest BCUT2D eigenvalue weighted by Gasteiger charge is -2.08. The number of rotatable bonds is 2. The third kappa shape index (κ3) is 2.16. The van der Waals surface area contributed by atoms with E-state index in [1.165, 1.54) is 19.5 Å². The highest BCUT2D eigenvalue weighted by Gasteiger charge is 2.17. The minimum atomic E-state index is 0.727. The maximum absolute atomic E-state index is 3.35. The van der Waals surface area contributed by atoms with Gasteiger partial charge < -0.3 is 4.90 Å². The number of hydrogen-bond acceptors (Lipinski definition) is 3. The summed E-state index contributed by atoms with van der Waals surface area (Å²) >= 11 is 1.72. The van der Waals surface area contributed by atoms with Gasteiger partial charge in [-0.2, -0.15) is 0 Å². The van der Waals surface area contributed by atoms with E-state index < -0.39 is 0 Å². The van der Waals surface area contributed by atoms with E-state index in [4.69, 9.17) is 0 Å². The lowest BCUT2D eigenvalue weighted by Crippen LogP contribution is -2.25. The van der Waals surface area contributed by atoms with Crippen LogP contribution < -0.4 is 4.72 Å². The molecule has 1 rings (SSSR count). The van der Waals surface area contributed by atoms with Gasteiger partial charge in [0.2, 0.25) is 0 Å². The van der Waals surface area contributed by atoms with Crippen LogP contribution in [0.25, 0.3) is 0 Å². The van der Waals surface area contributed by atoms with E-state index in [-0.39, 0.29) is 0 Å². The van der Waals surface area contributed by atoms with Crippen molar-refractivity contribution < 1.29 is 0 Å². The zero-order valence-corrected chi connectivity index (χ0v) is 6.87. The van der Waals surface area contributed by atoms with Crippen LogP contribution in [0.4, 0.5) is 0 Å². The summed E-state index contributed by atoms with van der Waals surface area (Å²) < 4.78 is 3.35. The number of likely N-dealkylation sites (N-methyl/N-ethyl adjacent to an activating group) is 1. The summed E-state index contributed by atoms with van der Waals surface area (Å²) in [7, 11) is 2.17. The van der Waals surface area contributed by atoms with Gasteiger partial charge in [0.1, 0.15) is 0 Å². The molecule has 1 aliphatic rings. The largest absolute Gasteiger partial charge is 0.305 e. The third-order valence-corrected chi connectivity index (χ3v) is 2.24. The molecule has 0 aromatic rings. The molecule has 0 aromatic carbocycles. The Morgan fingerprint density at radius 1 is 1.67 bits per heavy atom. The standard InChI is InChI=1S/C6H14N2S/c1-8-4-3-6(5-8)7-9-2/h6-7H,3-5H2,1-2H3. The maximum Gasteiger partial charge on any atom is 0.0311 e. The molecule has 0 amide bonds. The molecular weight excluding hydrogens is 132 g/mol. The Bertz CT molecular complexity index is 85.1. The van der Waals surface area contributed by atoms with Gasteiger partial charge in [0.05, 0.1) is 0 Å². The van der Waals surface area contributed by atoms with Gasteiger partial charge in [0, 0.05) is 12.6 Å². The average Bonchev–Trinajstić information content (AvgIpc) is 2.17. The molecule has 1 heterocycles. The van der Waals surface area contributed by atoms with Crippen molar-refractivity contribution in [2.24, 2.45) is 0 Å². The Morgan fingerprint density at radius 2 is 2.44 bits per heavy atom. The second kappa shape index (κ2) is 3.44. The minimum absolute atomic E-state index is 0.727. The topological polar surface area (TPSA) is 15.3 Å². The van der Waals surface area contributed by atoms with Crippen LogP contribution in [0.3, 0.4) is 0 Å². The molecule has 0 saturated carbocycles. The molecule has 2 nitrogen and oxygen atoms in total. The summed E-state index contributed by atoms with van der Waals surface area (Å²) in [5, 5.41) is 0. The second-order valence-electron chi connectivity index (χ2n) is 2.57. The van der Waals surface area contributed by atoms with Crippen LogP contribution in [-0.2, 0) is 0 Å². The van der Waals surface area contributed by atoms with E-state index in [1.807, 2.05) is 0 Å². The molecule has 0 bridgehead atoms. The maximum atomic E-state index is 3.35. The van der Waals surface area contributed by atoms with Gasteiger partial charge in [-0.3, -0.25) is 4.72 Å². The van der Waals surface area contributed by atoms with Gasteiger partial charge >= 0.3 is 0 Å². The molecule has 1 saturated heterocycles. The SMILES string of the molecule is CSNC1CCN(C)C1. The Labute approximate surface area is 61.1 Å². The van der Waals surface area contributed by atoms with Crippen LogP contribution >= 0.6 is 11.9 Å². The van der Waals surface area contributed by atoms with E-state index in [0.29, 0.717) is 0 Å². The normalized spacial score (nSPS) is 29.3. The molecule has 0 aromatic heterocycles. The molecule has 9 heavy (non-hydrogen) atoms. The van der Waals surface area contributed by atoms with Crippen molar-refractivity contribution in [3.05, 3.63) is 0 Å². The number of nitrogens with one attached hydrogen (secondary N) is 1. The van der Waals surface area contributed by atoms with Crippen LogP contribution in [0.2, 0.25) is 0 Å². The van der Waals surface area contributed by atoms with Gasteiger partial charge in [0.15, 0.2) is 0 Å². The summed E-state index contributed by atoms with van der Waals surface area (Å²) in [6.45, 7) is 2.46. The molecule has 1 atom stereocenters. The van der Waals surface area contributed by atoms with Crippen LogP contribution in [0, 0.1) is 0 Å². The molecule has 54 valence electrons. The van der Waals surface area contributed by atoms with Crippen LogP contribution in [0.5, 0.6) is 0 Å². The highest BCUT2D eigenvalue weighted by molar-refractivity contribution is 7.96. The summed E-state index contributed by atoms with van der Waals surface area (Å²) in [6.07, 6.45) is 3.38. The van der Waals surface area contributed by atoms with Crippen LogP contribution in [-0.4, -0.2) is 37.3 Å². The van der Waals surface area contributed by atoms with Gasteiger partial charge in [-0.05, 0) is 26.3 Å². The quantitative estimate of drug-likeness (QED) is 0.573. The fraction of sp³-hybridized carbons (Fsp3) is 1.00. The highest BCUT2D eigenvalue weighted by Crippen LogP contribution is 2.07. The van der Waals surface area contributed by atoms with Gasteiger partial charge in [-0.1, -0.05) is 11.9 Å². The Morgan fingerprint density at radius 3 is 2.89 bits per heavy atom. The van der Waals surface area contributed by atoms with E-state index in [0.717, 1.165) is 6.04 Å². The molecule has 0 radical (unpaired) electrons. The molecule has 1 fully saturated rings. The molecular formula is C6H14N2S. The summed E-state index contributed by atoms with van der Waals surface area (Å²) in [6, 6.07) is 0.727. The second-order valence-corrected chi connectivity index (χ2v) is 3.21. The van der Waals surface area contributed by atoms with E-state index in [1.54, 1.807) is 11.9 Å². The monoisotopic (exact) mass is 146 g/mol. The molecule has 3 heteroatoms. The smallest absolute Gasteiger partial charge is 0.0311 e. The predicted octanol–water partition coefficient (Wildman–Crippen LogP) is 0.558. The average molecular weight is 146 g/mol. The Balaban J connectivity index is 2.14. The zero-order chi connectivity index (χ0) is 6.69. The molecule has 0 aliphatic carbocycles. The van der Waals surface area contributed by atoms with Crippen LogP contribution in [0.15, 0.2) is 0 Å². The summed E-state index contributed by atoms with van der Waals surface area (Å²) in [4.78, 5) is 2.36. The Hall–Kier alpha value is 0.270. The van der Waals surface area contributed by atoms with Crippen molar-refractivity contribution in [2.75, 3.05) is 26.4 Å². The molecule has 1 unspecified atom stereocenters. The lowest BCUT2D eigenvalue weighted by atomic mass is 10.3. The van der Waals surface area contributed by atoms with E-state index >= 15 is 0 Å². The molecule has 0 spiro atoms. The first-order valence-electron chi connectivity index (χ1n) is 3.30. The lowest BCUT2D eigenvalue weighted by molar-refractivity contribution is 0.409. The first-order chi connectivity index (χ1) is 4.33. The number of likely N-dealkylation sites (tertiary alicyclic amines) is 1. The molecule has 1 N–H and O–H groups in total. The molecule has 1 aliphatic heterocycles. The van der Waals surface area contributed by atoms with Crippen molar-refractivity contribution in [3.8, 4) is 0 Å². The highest BCUT2D eigenvalue weighted by atomic mass is 32.2.